The van der Waals surface area contributed by atoms with E-state index in [9.17, 15) is 19.0 Å². The molecule has 3 rings (SSSR count). The Morgan fingerprint density at radius 3 is 2.52 bits per heavy atom. The SMILES string of the molecule is C=CC(O)Nc1cccc(Nc2nc(Nc3ccc(OCC(O)CO)c(F)c3)ncc2F)c1. The molecule has 0 aliphatic rings. The number of aliphatic hydroxyl groups is 3. The first-order valence-electron chi connectivity index (χ1n) is 9.83. The van der Waals surface area contributed by atoms with Gasteiger partial charge in [0.25, 0.3) is 0 Å². The second-order valence-corrected chi connectivity index (χ2v) is 6.84. The van der Waals surface area contributed by atoms with Crippen LogP contribution in [0.5, 0.6) is 5.75 Å². The summed E-state index contributed by atoms with van der Waals surface area (Å²) in [4.78, 5) is 7.94. The first-order valence-corrected chi connectivity index (χ1v) is 9.83. The molecule has 1 aromatic heterocycles. The van der Waals surface area contributed by atoms with E-state index in [0.29, 0.717) is 11.4 Å². The van der Waals surface area contributed by atoms with Gasteiger partial charge in [0.2, 0.25) is 5.95 Å². The summed E-state index contributed by atoms with van der Waals surface area (Å²) in [6.45, 7) is 2.71. The van der Waals surface area contributed by atoms with Crippen LogP contribution in [0.15, 0.2) is 61.3 Å². The Balaban J connectivity index is 1.71. The van der Waals surface area contributed by atoms with Gasteiger partial charge in [-0.2, -0.15) is 4.98 Å². The van der Waals surface area contributed by atoms with Crippen molar-refractivity contribution in [3.8, 4) is 5.75 Å². The van der Waals surface area contributed by atoms with Crippen LogP contribution in [0, 0.1) is 11.6 Å². The fourth-order valence-electron chi connectivity index (χ4n) is 2.63. The van der Waals surface area contributed by atoms with E-state index >= 15 is 0 Å². The van der Waals surface area contributed by atoms with Gasteiger partial charge in [-0.25, -0.2) is 13.8 Å². The number of rotatable bonds is 11. The average molecular weight is 459 g/mol. The molecular weight excluding hydrogens is 436 g/mol. The van der Waals surface area contributed by atoms with Gasteiger partial charge < -0.3 is 36.0 Å². The highest BCUT2D eigenvalue weighted by Gasteiger charge is 2.11. The van der Waals surface area contributed by atoms with Crippen LogP contribution in [0.1, 0.15) is 0 Å². The van der Waals surface area contributed by atoms with Crippen molar-refractivity contribution >= 4 is 28.8 Å². The van der Waals surface area contributed by atoms with Crippen LogP contribution < -0.4 is 20.7 Å². The molecule has 1 heterocycles. The van der Waals surface area contributed by atoms with Crippen molar-refractivity contribution in [3.05, 3.63) is 73.0 Å². The summed E-state index contributed by atoms with van der Waals surface area (Å²) >= 11 is 0. The summed E-state index contributed by atoms with van der Waals surface area (Å²) in [6, 6.07) is 10.7. The largest absolute Gasteiger partial charge is 0.488 e. The van der Waals surface area contributed by atoms with Crippen molar-refractivity contribution in [2.75, 3.05) is 29.2 Å². The molecule has 6 N–H and O–H groups in total. The molecule has 0 fully saturated rings. The number of hydrogen-bond acceptors (Lipinski definition) is 9. The van der Waals surface area contributed by atoms with Crippen molar-refractivity contribution in [3.63, 3.8) is 0 Å². The van der Waals surface area contributed by atoms with Crippen molar-refractivity contribution in [2.45, 2.75) is 12.3 Å². The molecule has 2 unspecified atom stereocenters. The van der Waals surface area contributed by atoms with Gasteiger partial charge in [0.05, 0.1) is 12.8 Å². The van der Waals surface area contributed by atoms with Crippen LogP contribution in [-0.2, 0) is 0 Å². The van der Waals surface area contributed by atoms with E-state index in [4.69, 9.17) is 9.84 Å². The summed E-state index contributed by atoms with van der Waals surface area (Å²) in [6.07, 6.45) is 0.223. The first kappa shape index (κ1) is 23.9. The summed E-state index contributed by atoms with van der Waals surface area (Å²) < 4.78 is 33.6. The maximum Gasteiger partial charge on any atom is 0.229 e. The number of aliphatic hydroxyl groups excluding tert-OH is 3. The summed E-state index contributed by atoms with van der Waals surface area (Å²) in [5, 5.41) is 36.1. The molecule has 0 spiro atoms. The Kier molecular flexibility index (Phi) is 8.08. The lowest BCUT2D eigenvalue weighted by molar-refractivity contribution is 0.0523. The molecule has 0 bridgehead atoms. The third kappa shape index (κ3) is 6.84. The zero-order chi connectivity index (χ0) is 23.8. The highest BCUT2D eigenvalue weighted by molar-refractivity contribution is 5.64. The average Bonchev–Trinajstić information content (AvgIpc) is 2.80. The lowest BCUT2D eigenvalue weighted by Crippen LogP contribution is -2.21. The van der Waals surface area contributed by atoms with E-state index < -0.39 is 30.6 Å². The quantitative estimate of drug-likeness (QED) is 0.189. The normalized spacial score (nSPS) is 12.5. The number of hydrogen-bond donors (Lipinski definition) is 6. The molecule has 0 radical (unpaired) electrons. The Bertz CT molecular complexity index is 1100. The van der Waals surface area contributed by atoms with E-state index in [0.717, 1.165) is 12.3 Å². The highest BCUT2D eigenvalue weighted by Crippen LogP contribution is 2.25. The van der Waals surface area contributed by atoms with E-state index in [1.165, 1.54) is 18.2 Å². The third-order valence-electron chi connectivity index (χ3n) is 4.24. The second-order valence-electron chi connectivity index (χ2n) is 6.84. The maximum atomic E-state index is 14.3. The number of nitrogens with one attached hydrogen (secondary N) is 3. The highest BCUT2D eigenvalue weighted by atomic mass is 19.1. The molecule has 0 aliphatic carbocycles. The number of anilines is 5. The van der Waals surface area contributed by atoms with Crippen LogP contribution >= 0.6 is 0 Å². The molecule has 174 valence electrons. The second kappa shape index (κ2) is 11.2. The monoisotopic (exact) mass is 459 g/mol. The topological polar surface area (TPSA) is 132 Å². The van der Waals surface area contributed by atoms with Gasteiger partial charge in [0.15, 0.2) is 23.2 Å². The van der Waals surface area contributed by atoms with Gasteiger partial charge in [0.1, 0.15) is 18.9 Å². The summed E-state index contributed by atoms with van der Waals surface area (Å²) in [5.41, 5.74) is 1.35. The van der Waals surface area contributed by atoms with Crippen LogP contribution in [-0.4, -0.2) is 50.8 Å². The minimum Gasteiger partial charge on any atom is -0.488 e. The Morgan fingerprint density at radius 1 is 1.03 bits per heavy atom. The third-order valence-corrected chi connectivity index (χ3v) is 4.24. The van der Waals surface area contributed by atoms with Crippen LogP contribution in [0.25, 0.3) is 0 Å². The molecule has 0 amide bonds. The van der Waals surface area contributed by atoms with Gasteiger partial charge >= 0.3 is 0 Å². The number of nitrogens with zero attached hydrogens (tertiary/aromatic N) is 2. The van der Waals surface area contributed by atoms with Crippen molar-refractivity contribution in [1.29, 1.82) is 0 Å². The zero-order valence-corrected chi connectivity index (χ0v) is 17.4. The first-order chi connectivity index (χ1) is 15.9. The minimum atomic E-state index is -1.12. The Hall–Kier alpha value is -3.80. The van der Waals surface area contributed by atoms with Crippen molar-refractivity contribution in [1.82, 2.24) is 9.97 Å². The summed E-state index contributed by atoms with van der Waals surface area (Å²) in [5.74, 6) is -1.63. The molecule has 0 saturated carbocycles. The van der Waals surface area contributed by atoms with Crippen molar-refractivity contribution in [2.24, 2.45) is 0 Å². The molecule has 9 nitrogen and oxygen atoms in total. The maximum absolute atomic E-state index is 14.3. The fraction of sp³-hybridized carbons (Fsp3) is 0.182. The standard InChI is InChI=1S/C22H23F2N5O4/c1-2-20(32)26-13-4-3-5-14(8-13)27-21-18(24)10-25-22(29-21)28-15-6-7-19(17(23)9-15)33-12-16(31)11-30/h2-10,16,20,26,30-32H,1,11-12H2,(H2,25,27,28,29). The zero-order valence-electron chi connectivity index (χ0n) is 17.4. The number of halogens is 2. The van der Waals surface area contributed by atoms with E-state index in [2.05, 4.69) is 32.5 Å². The number of ether oxygens (including phenoxy) is 1. The number of benzene rings is 2. The van der Waals surface area contributed by atoms with Crippen LogP contribution in [0.3, 0.4) is 0 Å². The Morgan fingerprint density at radius 2 is 1.79 bits per heavy atom. The molecule has 0 aliphatic heterocycles. The Labute approximate surface area is 188 Å². The molecule has 0 saturated heterocycles. The van der Waals surface area contributed by atoms with E-state index in [1.807, 2.05) is 0 Å². The molecular formula is C22H23F2N5O4. The lowest BCUT2D eigenvalue weighted by atomic mass is 10.2. The van der Waals surface area contributed by atoms with Crippen molar-refractivity contribution < 1.29 is 28.8 Å². The molecule has 11 heteroatoms. The molecule has 2 aromatic carbocycles. The van der Waals surface area contributed by atoms with Gasteiger partial charge in [-0.05, 0) is 36.4 Å². The van der Waals surface area contributed by atoms with Crippen LogP contribution in [0.4, 0.5) is 37.6 Å². The lowest BCUT2D eigenvalue weighted by Gasteiger charge is -2.13. The molecule has 33 heavy (non-hydrogen) atoms. The van der Waals surface area contributed by atoms with Gasteiger partial charge in [-0.3, -0.25) is 0 Å². The fourth-order valence-corrected chi connectivity index (χ4v) is 2.63. The predicted molar refractivity (Wildman–Crippen MR) is 120 cm³/mol. The molecule has 2 atom stereocenters. The predicted octanol–water partition coefficient (Wildman–Crippen LogP) is 2.89. The number of aromatic nitrogens is 2. The van der Waals surface area contributed by atoms with Gasteiger partial charge in [-0.1, -0.05) is 12.6 Å². The van der Waals surface area contributed by atoms with E-state index in [1.54, 1.807) is 24.3 Å². The van der Waals surface area contributed by atoms with Gasteiger partial charge in [0, 0.05) is 23.1 Å². The van der Waals surface area contributed by atoms with Gasteiger partial charge in [-0.15, -0.1) is 0 Å². The summed E-state index contributed by atoms with van der Waals surface area (Å²) in [7, 11) is 0. The molecule has 3 aromatic rings. The van der Waals surface area contributed by atoms with E-state index in [-0.39, 0.29) is 29.8 Å². The van der Waals surface area contributed by atoms with Crippen LogP contribution in [0.2, 0.25) is 0 Å². The minimum absolute atomic E-state index is 0.0130. The smallest absolute Gasteiger partial charge is 0.229 e.